The van der Waals surface area contributed by atoms with Crippen molar-refractivity contribution in [2.24, 2.45) is 0 Å². The Morgan fingerprint density at radius 3 is 2.42 bits per heavy atom. The predicted octanol–water partition coefficient (Wildman–Crippen LogP) is 3.79. The van der Waals surface area contributed by atoms with Crippen molar-refractivity contribution < 1.29 is 13.2 Å². The highest BCUT2D eigenvalue weighted by Gasteiger charge is 2.28. The summed E-state index contributed by atoms with van der Waals surface area (Å²) in [6.07, 6.45) is 0.581. The average Bonchev–Trinajstić information content (AvgIpc) is 2.89. The van der Waals surface area contributed by atoms with Gasteiger partial charge in [0, 0.05) is 17.1 Å². The first-order chi connectivity index (χ1) is 11.4. The van der Waals surface area contributed by atoms with Gasteiger partial charge in [-0.05, 0) is 48.9 Å². The van der Waals surface area contributed by atoms with Gasteiger partial charge in [0.25, 0.3) is 5.91 Å². The van der Waals surface area contributed by atoms with Crippen LogP contribution in [0.25, 0.3) is 0 Å². The summed E-state index contributed by atoms with van der Waals surface area (Å²) in [4.78, 5) is 12.3. The lowest BCUT2D eigenvalue weighted by molar-refractivity contribution is 0.102. The monoisotopic (exact) mass is 384 g/mol. The molecule has 0 atom stereocenters. The highest BCUT2D eigenvalue weighted by Crippen LogP contribution is 2.31. The molecule has 0 aromatic heterocycles. The molecule has 0 unspecified atom stereocenters. The standard InChI is InChI=1S/C16H14Cl2N2O3S/c17-12-4-2-11(3-5-12)16(21)19-15-10-13(6-7-14(15)18)20-8-1-9-24(20,22)23/h2-7,10H,1,8-9H2,(H,19,21). The molecular formula is C16H14Cl2N2O3S. The second kappa shape index (κ2) is 6.63. The summed E-state index contributed by atoms with van der Waals surface area (Å²) in [5, 5.41) is 3.57. The van der Waals surface area contributed by atoms with Crippen LogP contribution in [0.3, 0.4) is 0 Å². The summed E-state index contributed by atoms with van der Waals surface area (Å²) in [6, 6.07) is 11.2. The number of hydrogen-bond donors (Lipinski definition) is 1. The zero-order valence-electron chi connectivity index (χ0n) is 12.5. The molecule has 1 amide bonds. The molecule has 1 aliphatic heterocycles. The zero-order chi connectivity index (χ0) is 17.3. The van der Waals surface area contributed by atoms with Gasteiger partial charge in [0.2, 0.25) is 10.0 Å². The lowest BCUT2D eigenvalue weighted by atomic mass is 10.2. The summed E-state index contributed by atoms with van der Waals surface area (Å²) >= 11 is 11.9. The molecule has 0 aliphatic carbocycles. The molecule has 126 valence electrons. The van der Waals surface area contributed by atoms with Crippen LogP contribution >= 0.6 is 23.2 Å². The van der Waals surface area contributed by atoms with E-state index in [0.29, 0.717) is 39.9 Å². The molecular weight excluding hydrogens is 371 g/mol. The molecule has 1 heterocycles. The predicted molar refractivity (Wildman–Crippen MR) is 96.6 cm³/mol. The number of amides is 1. The first kappa shape index (κ1) is 17.1. The lowest BCUT2D eigenvalue weighted by Crippen LogP contribution is -2.25. The zero-order valence-corrected chi connectivity index (χ0v) is 14.8. The van der Waals surface area contributed by atoms with Crippen LogP contribution in [0.2, 0.25) is 10.0 Å². The average molecular weight is 385 g/mol. The number of benzene rings is 2. The van der Waals surface area contributed by atoms with Crippen molar-refractivity contribution in [1.82, 2.24) is 0 Å². The van der Waals surface area contributed by atoms with E-state index in [2.05, 4.69) is 5.32 Å². The molecule has 5 nitrogen and oxygen atoms in total. The van der Waals surface area contributed by atoms with E-state index in [1.165, 1.54) is 4.31 Å². The molecule has 2 aromatic carbocycles. The Hall–Kier alpha value is -1.76. The van der Waals surface area contributed by atoms with Crippen LogP contribution in [0.1, 0.15) is 16.8 Å². The summed E-state index contributed by atoms with van der Waals surface area (Å²) in [5.41, 5.74) is 1.27. The summed E-state index contributed by atoms with van der Waals surface area (Å²) in [5.74, 6) is -0.225. The van der Waals surface area contributed by atoms with Gasteiger partial charge in [-0.3, -0.25) is 9.10 Å². The van der Waals surface area contributed by atoms with E-state index in [0.717, 1.165) is 0 Å². The third-order valence-corrected chi connectivity index (χ3v) is 6.14. The van der Waals surface area contributed by atoms with Gasteiger partial charge in [0.15, 0.2) is 0 Å². The third kappa shape index (κ3) is 3.50. The Kier molecular flexibility index (Phi) is 4.71. The van der Waals surface area contributed by atoms with Crippen LogP contribution in [0.4, 0.5) is 11.4 Å². The normalized spacial score (nSPS) is 16.2. The summed E-state index contributed by atoms with van der Waals surface area (Å²) in [6.45, 7) is 0.425. The molecule has 3 rings (SSSR count). The van der Waals surface area contributed by atoms with Gasteiger partial charge in [-0.1, -0.05) is 23.2 Å². The fourth-order valence-electron chi connectivity index (χ4n) is 2.49. The number of nitrogens with one attached hydrogen (secondary N) is 1. The van der Waals surface area contributed by atoms with Crippen molar-refractivity contribution >= 4 is 50.5 Å². The first-order valence-corrected chi connectivity index (χ1v) is 9.60. The van der Waals surface area contributed by atoms with Crippen molar-refractivity contribution in [3.8, 4) is 0 Å². The molecule has 2 aromatic rings. The molecule has 1 N–H and O–H groups in total. The number of halogens is 2. The molecule has 1 saturated heterocycles. The summed E-state index contributed by atoms with van der Waals surface area (Å²) in [7, 11) is -3.29. The number of carbonyl (C=O) groups is 1. The van der Waals surface area contributed by atoms with Gasteiger partial charge < -0.3 is 5.32 Å². The Morgan fingerprint density at radius 2 is 1.79 bits per heavy atom. The number of anilines is 2. The van der Waals surface area contributed by atoms with Crippen LogP contribution in [0, 0.1) is 0 Å². The quantitative estimate of drug-likeness (QED) is 0.875. The Balaban J connectivity index is 1.87. The van der Waals surface area contributed by atoms with Crippen LogP contribution in [-0.4, -0.2) is 26.6 Å². The largest absolute Gasteiger partial charge is 0.321 e. The van der Waals surface area contributed by atoms with Gasteiger partial charge in [0.05, 0.1) is 22.2 Å². The van der Waals surface area contributed by atoms with E-state index in [9.17, 15) is 13.2 Å². The van der Waals surface area contributed by atoms with E-state index < -0.39 is 10.0 Å². The van der Waals surface area contributed by atoms with E-state index >= 15 is 0 Å². The van der Waals surface area contributed by atoms with Crippen molar-refractivity contribution in [2.45, 2.75) is 6.42 Å². The van der Waals surface area contributed by atoms with Crippen molar-refractivity contribution in [2.75, 3.05) is 21.9 Å². The second-order valence-corrected chi connectivity index (χ2v) is 8.22. The van der Waals surface area contributed by atoms with Crippen molar-refractivity contribution in [3.63, 3.8) is 0 Å². The van der Waals surface area contributed by atoms with E-state index in [4.69, 9.17) is 23.2 Å². The Labute approximate surface area is 150 Å². The van der Waals surface area contributed by atoms with E-state index in [1.54, 1.807) is 42.5 Å². The molecule has 1 aliphatic rings. The second-order valence-electron chi connectivity index (χ2n) is 5.37. The van der Waals surface area contributed by atoms with Crippen LogP contribution in [0.5, 0.6) is 0 Å². The Bertz CT molecular complexity index is 883. The summed E-state index contributed by atoms with van der Waals surface area (Å²) < 4.78 is 25.4. The minimum atomic E-state index is -3.29. The lowest BCUT2D eigenvalue weighted by Gasteiger charge is -2.18. The van der Waals surface area contributed by atoms with Crippen molar-refractivity contribution in [1.29, 1.82) is 0 Å². The first-order valence-electron chi connectivity index (χ1n) is 7.24. The van der Waals surface area contributed by atoms with Gasteiger partial charge in [-0.15, -0.1) is 0 Å². The van der Waals surface area contributed by atoms with Crippen LogP contribution < -0.4 is 9.62 Å². The molecule has 0 radical (unpaired) electrons. The number of hydrogen-bond acceptors (Lipinski definition) is 3. The molecule has 24 heavy (non-hydrogen) atoms. The highest BCUT2D eigenvalue weighted by atomic mass is 35.5. The molecule has 0 saturated carbocycles. The molecule has 8 heteroatoms. The third-order valence-electron chi connectivity index (χ3n) is 3.69. The van der Waals surface area contributed by atoms with Crippen LogP contribution in [-0.2, 0) is 10.0 Å². The number of nitrogens with zero attached hydrogens (tertiary/aromatic N) is 1. The van der Waals surface area contributed by atoms with Crippen LogP contribution in [0.15, 0.2) is 42.5 Å². The van der Waals surface area contributed by atoms with E-state index in [-0.39, 0.29) is 11.7 Å². The SMILES string of the molecule is O=C(Nc1cc(N2CCCS2(=O)=O)ccc1Cl)c1ccc(Cl)cc1. The maximum atomic E-state index is 12.3. The topological polar surface area (TPSA) is 66.5 Å². The van der Waals surface area contributed by atoms with E-state index in [1.807, 2.05) is 0 Å². The fourth-order valence-corrected chi connectivity index (χ4v) is 4.34. The fraction of sp³-hybridized carbons (Fsp3) is 0.188. The minimum absolute atomic E-state index is 0.127. The van der Waals surface area contributed by atoms with Gasteiger partial charge in [-0.25, -0.2) is 8.42 Å². The van der Waals surface area contributed by atoms with Gasteiger partial charge in [0.1, 0.15) is 0 Å². The van der Waals surface area contributed by atoms with Gasteiger partial charge in [-0.2, -0.15) is 0 Å². The van der Waals surface area contributed by atoms with Gasteiger partial charge >= 0.3 is 0 Å². The maximum absolute atomic E-state index is 12.3. The smallest absolute Gasteiger partial charge is 0.255 e. The molecule has 0 bridgehead atoms. The molecule has 1 fully saturated rings. The van der Waals surface area contributed by atoms with Crippen molar-refractivity contribution in [3.05, 3.63) is 58.1 Å². The number of rotatable bonds is 3. The Morgan fingerprint density at radius 1 is 1.08 bits per heavy atom. The maximum Gasteiger partial charge on any atom is 0.255 e. The minimum Gasteiger partial charge on any atom is -0.321 e. The number of sulfonamides is 1. The molecule has 0 spiro atoms. The number of carbonyl (C=O) groups excluding carboxylic acids is 1. The highest BCUT2D eigenvalue weighted by molar-refractivity contribution is 7.93.